The third-order valence-corrected chi connectivity index (χ3v) is 6.82. The Morgan fingerprint density at radius 2 is 1.94 bits per heavy atom. The van der Waals surface area contributed by atoms with Crippen LogP contribution in [0.4, 0.5) is 10.1 Å². The number of benzene rings is 1. The minimum Gasteiger partial charge on any atom is -0.481 e. The number of carboxylic acid groups (broad SMARTS) is 1. The minimum absolute atomic E-state index is 0.0913. The van der Waals surface area contributed by atoms with Crippen molar-refractivity contribution < 1.29 is 23.6 Å². The smallest absolute Gasteiger partial charge is 0.304 e. The van der Waals surface area contributed by atoms with Crippen LogP contribution in [0.15, 0.2) is 22.7 Å². The van der Waals surface area contributed by atoms with E-state index in [0.29, 0.717) is 29.4 Å². The van der Waals surface area contributed by atoms with Crippen molar-refractivity contribution in [1.29, 1.82) is 0 Å². The first-order chi connectivity index (χ1) is 15.7. The number of amides is 1. The summed E-state index contributed by atoms with van der Waals surface area (Å²) in [6.45, 7) is 6.24. The van der Waals surface area contributed by atoms with Gasteiger partial charge >= 0.3 is 5.97 Å². The molecule has 2 aliphatic carbocycles. The molecule has 2 aromatic rings. The molecule has 2 N–H and O–H groups in total. The van der Waals surface area contributed by atoms with Crippen LogP contribution in [-0.4, -0.2) is 22.1 Å². The molecule has 2 saturated carbocycles. The maximum atomic E-state index is 14.2. The molecule has 0 radical (unpaired) electrons. The number of nitrogens with zero attached hydrogens (tertiary/aromatic N) is 1. The number of carbonyl (C=O) groups is 2. The van der Waals surface area contributed by atoms with Gasteiger partial charge in [-0.05, 0) is 74.5 Å². The van der Waals surface area contributed by atoms with Crippen LogP contribution in [0.2, 0.25) is 0 Å². The number of aryl methyl sites for hydroxylation is 1. The summed E-state index contributed by atoms with van der Waals surface area (Å²) in [4.78, 5) is 24.4. The molecular weight excluding hydrogens is 423 g/mol. The molecule has 0 bridgehead atoms. The highest BCUT2D eigenvalue weighted by molar-refractivity contribution is 5.91. The lowest BCUT2D eigenvalue weighted by molar-refractivity contribution is -0.137. The van der Waals surface area contributed by atoms with Gasteiger partial charge in [0.2, 0.25) is 5.91 Å². The molecule has 0 unspecified atom stereocenters. The highest BCUT2D eigenvalue weighted by Gasteiger charge is 2.42. The van der Waals surface area contributed by atoms with E-state index in [1.54, 1.807) is 13.0 Å². The fraction of sp³-hybridized carbons (Fsp3) is 0.577. The first kappa shape index (κ1) is 23.5. The van der Waals surface area contributed by atoms with Crippen molar-refractivity contribution >= 4 is 17.6 Å². The third kappa shape index (κ3) is 5.63. The van der Waals surface area contributed by atoms with Crippen molar-refractivity contribution in [3.05, 3.63) is 46.6 Å². The van der Waals surface area contributed by atoms with Gasteiger partial charge in [-0.15, -0.1) is 0 Å². The molecule has 1 amide bonds. The number of aliphatic carboxylic acids is 1. The lowest BCUT2D eigenvalue weighted by atomic mass is 9.69. The van der Waals surface area contributed by atoms with E-state index in [0.717, 1.165) is 42.6 Å². The van der Waals surface area contributed by atoms with Gasteiger partial charge in [0.1, 0.15) is 11.6 Å². The van der Waals surface area contributed by atoms with Crippen LogP contribution >= 0.6 is 0 Å². The monoisotopic (exact) mass is 456 g/mol. The first-order valence-corrected chi connectivity index (χ1v) is 12.0. The van der Waals surface area contributed by atoms with Gasteiger partial charge < -0.3 is 14.9 Å². The Hall–Kier alpha value is -2.70. The summed E-state index contributed by atoms with van der Waals surface area (Å²) < 4.78 is 20.0. The number of carboxylic acids is 1. The van der Waals surface area contributed by atoms with E-state index in [4.69, 9.17) is 4.52 Å². The van der Waals surface area contributed by atoms with E-state index in [1.807, 2.05) is 0 Å². The quantitative estimate of drug-likeness (QED) is 0.449. The predicted molar refractivity (Wildman–Crippen MR) is 123 cm³/mol. The molecule has 0 saturated heterocycles. The zero-order valence-electron chi connectivity index (χ0n) is 19.6. The van der Waals surface area contributed by atoms with Gasteiger partial charge in [0, 0.05) is 23.8 Å². The van der Waals surface area contributed by atoms with Crippen molar-refractivity contribution in [1.82, 2.24) is 5.16 Å². The standard InChI is InChI=1S/C26H33FN2O4/c1-14(2)8-16-10-19(11-16)26-24(17-5-6-17)25(29-33-26)18(13-23(31)32)12-22(30)28-21-7-4-15(3)9-20(21)27/h4,7,9,14,16-19H,5-6,8,10-13H2,1-3H3,(H,28,30)(H,31,32)/t16?,18-,19?/m1/s1. The number of hydrogen-bond donors (Lipinski definition) is 2. The van der Waals surface area contributed by atoms with E-state index in [-0.39, 0.29) is 18.5 Å². The summed E-state index contributed by atoms with van der Waals surface area (Å²) in [6.07, 6.45) is 5.09. The van der Waals surface area contributed by atoms with Crippen LogP contribution in [0, 0.1) is 24.6 Å². The highest BCUT2D eigenvalue weighted by Crippen LogP contribution is 2.52. The van der Waals surface area contributed by atoms with Crippen LogP contribution in [0.3, 0.4) is 0 Å². The molecule has 4 rings (SSSR count). The predicted octanol–water partition coefficient (Wildman–Crippen LogP) is 6.13. The first-order valence-electron chi connectivity index (χ1n) is 12.0. The Balaban J connectivity index is 1.52. The third-order valence-electron chi connectivity index (χ3n) is 6.82. The van der Waals surface area contributed by atoms with Gasteiger partial charge in [-0.2, -0.15) is 0 Å². The molecule has 2 fully saturated rings. The molecule has 6 nitrogen and oxygen atoms in total. The second-order valence-corrected chi connectivity index (χ2v) is 10.3. The SMILES string of the molecule is Cc1ccc(NC(=O)C[C@H](CC(=O)O)c2noc(C3CC(CC(C)C)C3)c2C2CC2)c(F)c1. The Morgan fingerprint density at radius 1 is 1.21 bits per heavy atom. The number of nitrogens with one attached hydrogen (secondary N) is 1. The van der Waals surface area contributed by atoms with Gasteiger partial charge in [0.25, 0.3) is 0 Å². The number of halogens is 1. The number of hydrogen-bond acceptors (Lipinski definition) is 4. The van der Waals surface area contributed by atoms with Crippen LogP contribution in [0.5, 0.6) is 0 Å². The summed E-state index contributed by atoms with van der Waals surface area (Å²) in [7, 11) is 0. The summed E-state index contributed by atoms with van der Waals surface area (Å²) in [6, 6.07) is 4.58. The molecule has 7 heteroatoms. The molecular formula is C26H33FN2O4. The molecule has 178 valence electrons. The van der Waals surface area contributed by atoms with Crippen molar-refractivity contribution in [3.63, 3.8) is 0 Å². The van der Waals surface area contributed by atoms with Crippen molar-refractivity contribution in [2.45, 2.75) is 83.5 Å². The summed E-state index contributed by atoms with van der Waals surface area (Å²) in [5, 5.41) is 16.4. The minimum atomic E-state index is -0.999. The zero-order valence-corrected chi connectivity index (χ0v) is 19.6. The summed E-state index contributed by atoms with van der Waals surface area (Å²) in [5.41, 5.74) is 2.48. The van der Waals surface area contributed by atoms with E-state index < -0.39 is 23.6 Å². The van der Waals surface area contributed by atoms with E-state index in [2.05, 4.69) is 24.3 Å². The van der Waals surface area contributed by atoms with Crippen molar-refractivity contribution in [3.8, 4) is 0 Å². The van der Waals surface area contributed by atoms with E-state index in [1.165, 1.54) is 18.6 Å². The van der Waals surface area contributed by atoms with Crippen LogP contribution in [-0.2, 0) is 9.59 Å². The Morgan fingerprint density at radius 3 is 2.55 bits per heavy atom. The van der Waals surface area contributed by atoms with Crippen LogP contribution in [0.25, 0.3) is 0 Å². The number of rotatable bonds is 10. The molecule has 1 aromatic carbocycles. The Labute approximate surface area is 193 Å². The van der Waals surface area contributed by atoms with Gasteiger partial charge in [0.15, 0.2) is 0 Å². The van der Waals surface area contributed by atoms with Gasteiger partial charge in [-0.3, -0.25) is 9.59 Å². The molecule has 33 heavy (non-hydrogen) atoms. The number of anilines is 1. The van der Waals surface area contributed by atoms with Gasteiger partial charge in [-0.25, -0.2) is 4.39 Å². The summed E-state index contributed by atoms with van der Waals surface area (Å²) in [5.74, 6) is 0.356. The molecule has 1 heterocycles. The second kappa shape index (κ2) is 9.65. The maximum absolute atomic E-state index is 14.2. The normalized spacial score (nSPS) is 21.0. The lowest BCUT2D eigenvalue weighted by Crippen LogP contribution is -2.24. The molecule has 0 spiro atoms. The average Bonchev–Trinajstić information content (AvgIpc) is 3.44. The molecule has 1 aromatic heterocycles. The molecule has 0 aliphatic heterocycles. The maximum Gasteiger partial charge on any atom is 0.304 e. The Bertz CT molecular complexity index is 1020. The molecule has 2 aliphatic rings. The van der Waals surface area contributed by atoms with Crippen molar-refractivity contribution in [2.75, 3.05) is 5.32 Å². The second-order valence-electron chi connectivity index (χ2n) is 10.3. The van der Waals surface area contributed by atoms with E-state index >= 15 is 0 Å². The van der Waals surface area contributed by atoms with Gasteiger partial charge in [0.05, 0.1) is 17.8 Å². The van der Waals surface area contributed by atoms with Crippen molar-refractivity contribution in [2.24, 2.45) is 11.8 Å². The number of aromatic nitrogens is 1. The molecule has 1 atom stereocenters. The van der Waals surface area contributed by atoms with Crippen LogP contribution < -0.4 is 5.32 Å². The fourth-order valence-corrected chi connectivity index (χ4v) is 5.13. The summed E-state index contributed by atoms with van der Waals surface area (Å²) >= 11 is 0. The zero-order chi connectivity index (χ0) is 23.7. The van der Waals surface area contributed by atoms with Crippen LogP contribution in [0.1, 0.15) is 99.1 Å². The highest BCUT2D eigenvalue weighted by atomic mass is 19.1. The largest absolute Gasteiger partial charge is 0.481 e. The fourth-order valence-electron chi connectivity index (χ4n) is 5.13. The van der Waals surface area contributed by atoms with E-state index in [9.17, 15) is 19.1 Å². The number of carbonyl (C=O) groups excluding carboxylic acids is 1. The van der Waals surface area contributed by atoms with Gasteiger partial charge in [-0.1, -0.05) is 25.1 Å². The topological polar surface area (TPSA) is 92.4 Å². The lowest BCUT2D eigenvalue weighted by Gasteiger charge is -2.35. The average molecular weight is 457 g/mol. The Kier molecular flexibility index (Phi) is 6.86.